The van der Waals surface area contributed by atoms with Crippen LogP contribution in [0.5, 0.6) is 0 Å². The average molecular weight is 270 g/mol. The first-order valence-electron chi connectivity index (χ1n) is 5.94. The van der Waals surface area contributed by atoms with E-state index in [4.69, 9.17) is 5.53 Å². The molecule has 0 aliphatic rings. The number of urea groups is 1. The van der Waals surface area contributed by atoms with E-state index in [0.717, 1.165) is 17.0 Å². The molecule has 3 N–H and O–H groups in total. The number of anilines is 1. The van der Waals surface area contributed by atoms with E-state index in [2.05, 4.69) is 25.9 Å². The van der Waals surface area contributed by atoms with Gasteiger partial charge in [-0.25, -0.2) is 20.2 Å². The monoisotopic (exact) mass is 270 g/mol. The van der Waals surface area contributed by atoms with E-state index < -0.39 is 6.03 Å². The maximum atomic E-state index is 10.8. The predicted octanol–water partition coefficient (Wildman–Crippen LogP) is 2.83. The topological polar surface area (TPSA) is 103 Å². The van der Waals surface area contributed by atoms with Gasteiger partial charge in [0.05, 0.1) is 5.69 Å². The van der Waals surface area contributed by atoms with Crippen molar-refractivity contribution in [2.45, 2.75) is 13.8 Å². The molecule has 0 bridgehead atoms. The highest BCUT2D eigenvalue weighted by atomic mass is 16.2. The molecule has 2 rings (SSSR count). The summed E-state index contributed by atoms with van der Waals surface area (Å²) < 4.78 is 0. The number of aromatic nitrogens is 2. The van der Waals surface area contributed by atoms with E-state index in [-0.39, 0.29) is 0 Å². The Kier molecular flexibility index (Phi) is 3.99. The Morgan fingerprint density at radius 1 is 1.15 bits per heavy atom. The highest BCUT2D eigenvalue weighted by molar-refractivity contribution is 5.75. The molecule has 1 heterocycles. The van der Waals surface area contributed by atoms with Gasteiger partial charge in [0.25, 0.3) is 0 Å². The fourth-order valence-electron chi connectivity index (χ4n) is 1.71. The molecule has 7 nitrogen and oxygen atoms in total. The first-order chi connectivity index (χ1) is 9.58. The molecule has 20 heavy (non-hydrogen) atoms. The molecular weight excluding hydrogens is 256 g/mol. The largest absolute Gasteiger partial charge is 0.377 e. The number of carbonyl (C=O) groups is 1. The summed E-state index contributed by atoms with van der Waals surface area (Å²) in [5.41, 5.74) is 14.8. The predicted molar refractivity (Wildman–Crippen MR) is 74.2 cm³/mol. The third-order valence-corrected chi connectivity index (χ3v) is 2.54. The zero-order valence-corrected chi connectivity index (χ0v) is 11.1. The number of hydrazine groups is 1. The van der Waals surface area contributed by atoms with Gasteiger partial charge in [0.2, 0.25) is 0 Å². The zero-order valence-electron chi connectivity index (χ0n) is 11.1. The minimum Gasteiger partial charge on any atom is -0.297 e. The second kappa shape index (κ2) is 5.87. The molecule has 2 aromatic rings. The third-order valence-electron chi connectivity index (χ3n) is 2.54. The number of nitrogens with one attached hydrogen (secondary N) is 3. The molecule has 0 aliphatic carbocycles. The smallest absolute Gasteiger partial charge is 0.297 e. The lowest BCUT2D eigenvalue weighted by atomic mass is 10.2. The summed E-state index contributed by atoms with van der Waals surface area (Å²) in [7, 11) is 0. The second-order valence-corrected chi connectivity index (χ2v) is 4.22. The Bertz CT molecular complexity index is 618. The normalized spacial score (nSPS) is 9.90. The summed E-state index contributed by atoms with van der Waals surface area (Å²) in [5, 5.41) is 2.71. The van der Waals surface area contributed by atoms with E-state index in [1.165, 1.54) is 0 Å². The Morgan fingerprint density at radius 3 is 2.30 bits per heavy atom. The summed E-state index contributed by atoms with van der Waals surface area (Å²) in [6.45, 7) is 3.85. The molecule has 0 fully saturated rings. The van der Waals surface area contributed by atoms with Crippen molar-refractivity contribution in [2.75, 3.05) is 5.43 Å². The van der Waals surface area contributed by atoms with Crippen molar-refractivity contribution in [1.29, 1.82) is 5.53 Å². The van der Waals surface area contributed by atoms with E-state index in [9.17, 15) is 4.79 Å². The fourth-order valence-corrected chi connectivity index (χ4v) is 1.71. The summed E-state index contributed by atoms with van der Waals surface area (Å²) in [4.78, 5) is 19.6. The molecule has 7 heteroatoms. The lowest BCUT2D eigenvalue weighted by Gasteiger charge is -2.07. The van der Waals surface area contributed by atoms with Gasteiger partial charge in [0.1, 0.15) is 0 Å². The van der Waals surface area contributed by atoms with E-state index in [1.807, 2.05) is 32.0 Å². The maximum absolute atomic E-state index is 10.8. The van der Waals surface area contributed by atoms with E-state index in [1.54, 1.807) is 12.1 Å². The van der Waals surface area contributed by atoms with Crippen LogP contribution in [0.25, 0.3) is 11.4 Å². The Labute approximate surface area is 115 Å². The molecule has 2 amide bonds. The fraction of sp³-hybridized carbons (Fsp3) is 0.154. The Balaban J connectivity index is 2.15. The van der Waals surface area contributed by atoms with E-state index >= 15 is 0 Å². The number of aryl methyl sites for hydroxylation is 2. The van der Waals surface area contributed by atoms with Gasteiger partial charge in [-0.05, 0) is 44.2 Å². The molecule has 0 unspecified atom stereocenters. The molecular formula is C13H14N6O. The number of carbonyl (C=O) groups excluding carboxylic acids is 1. The molecule has 102 valence electrons. The highest BCUT2D eigenvalue weighted by Gasteiger charge is 2.03. The van der Waals surface area contributed by atoms with Gasteiger partial charge in [0.15, 0.2) is 5.82 Å². The molecule has 0 saturated heterocycles. The van der Waals surface area contributed by atoms with Crippen molar-refractivity contribution in [1.82, 2.24) is 15.4 Å². The van der Waals surface area contributed by atoms with Crippen LogP contribution in [-0.2, 0) is 0 Å². The highest BCUT2D eigenvalue weighted by Crippen LogP contribution is 2.18. The van der Waals surface area contributed by atoms with Crippen LogP contribution < -0.4 is 10.9 Å². The van der Waals surface area contributed by atoms with Crippen molar-refractivity contribution < 1.29 is 4.79 Å². The number of rotatable bonds is 3. The van der Waals surface area contributed by atoms with Crippen LogP contribution in [0.3, 0.4) is 0 Å². The van der Waals surface area contributed by atoms with Gasteiger partial charge < -0.3 is 0 Å². The van der Waals surface area contributed by atoms with Gasteiger partial charge in [-0.2, -0.15) is 5.53 Å². The second-order valence-electron chi connectivity index (χ2n) is 4.22. The van der Waals surface area contributed by atoms with Crippen molar-refractivity contribution in [3.8, 4) is 11.4 Å². The van der Waals surface area contributed by atoms with Crippen molar-refractivity contribution in [3.63, 3.8) is 0 Å². The third kappa shape index (κ3) is 3.35. The average Bonchev–Trinajstić information content (AvgIpc) is 2.44. The Hall–Kier alpha value is -2.83. The van der Waals surface area contributed by atoms with Gasteiger partial charge in [0, 0.05) is 17.0 Å². The zero-order chi connectivity index (χ0) is 14.5. The molecule has 0 aliphatic heterocycles. The summed E-state index contributed by atoms with van der Waals surface area (Å²) in [6, 6.07) is 8.41. The molecule has 0 spiro atoms. The van der Waals surface area contributed by atoms with Crippen LogP contribution in [0.15, 0.2) is 35.4 Å². The number of hydrogen-bond acceptors (Lipinski definition) is 5. The lowest BCUT2D eigenvalue weighted by molar-refractivity contribution is 0.249. The van der Waals surface area contributed by atoms with Crippen LogP contribution in [0.4, 0.5) is 10.5 Å². The van der Waals surface area contributed by atoms with Gasteiger partial charge in [-0.15, -0.1) is 0 Å². The molecule has 0 saturated carbocycles. The van der Waals surface area contributed by atoms with Gasteiger partial charge in [-0.3, -0.25) is 5.43 Å². The minimum absolute atomic E-state index is 0.666. The van der Waals surface area contributed by atoms with Crippen molar-refractivity contribution in [3.05, 3.63) is 41.7 Å². The SMILES string of the molecule is Cc1cc(C)nc(-c2ccc(NNC(=O)N=N)cc2)n1. The van der Waals surface area contributed by atoms with Crippen molar-refractivity contribution >= 4 is 11.7 Å². The number of nitrogens with zero attached hydrogens (tertiary/aromatic N) is 3. The molecule has 1 aromatic carbocycles. The quantitative estimate of drug-likeness (QED) is 0.589. The molecule has 1 aromatic heterocycles. The Morgan fingerprint density at radius 2 is 1.75 bits per heavy atom. The lowest BCUT2D eigenvalue weighted by Crippen LogP contribution is -2.25. The first-order valence-corrected chi connectivity index (χ1v) is 5.94. The van der Waals surface area contributed by atoms with Gasteiger partial charge in [-0.1, -0.05) is 5.11 Å². The van der Waals surface area contributed by atoms with Crippen LogP contribution in [0.2, 0.25) is 0 Å². The van der Waals surface area contributed by atoms with Crippen LogP contribution in [0.1, 0.15) is 11.4 Å². The van der Waals surface area contributed by atoms with Crippen molar-refractivity contribution in [2.24, 2.45) is 5.11 Å². The van der Waals surface area contributed by atoms with Gasteiger partial charge >= 0.3 is 6.03 Å². The molecule has 0 radical (unpaired) electrons. The summed E-state index contributed by atoms with van der Waals surface area (Å²) in [5.74, 6) is 0.666. The van der Waals surface area contributed by atoms with Crippen LogP contribution in [-0.4, -0.2) is 16.0 Å². The standard InChI is InChI=1S/C13H14N6O/c1-8-7-9(2)16-12(15-8)10-3-5-11(6-4-10)18-19-13(20)17-14/h3-7,14,18H,1-2H3,(H,19,20). The minimum atomic E-state index is -0.758. The first kappa shape index (κ1) is 13.6. The number of amides is 2. The van der Waals surface area contributed by atoms with Crippen LogP contribution >= 0.6 is 0 Å². The summed E-state index contributed by atoms with van der Waals surface area (Å²) >= 11 is 0. The summed E-state index contributed by atoms with van der Waals surface area (Å²) in [6.07, 6.45) is 0. The number of hydrogen-bond donors (Lipinski definition) is 3. The van der Waals surface area contributed by atoms with E-state index in [0.29, 0.717) is 11.5 Å². The maximum Gasteiger partial charge on any atom is 0.377 e. The van der Waals surface area contributed by atoms with Crippen LogP contribution in [0, 0.1) is 19.4 Å². The number of benzene rings is 1. The molecule has 0 atom stereocenters.